The molecule has 2 amide bonds. The summed E-state index contributed by atoms with van der Waals surface area (Å²) < 4.78 is 5.60. The number of rotatable bonds is 5. The Morgan fingerprint density at radius 3 is 2.82 bits per heavy atom. The standard InChI is InChI=1S/C16H22N2O4/c1-4-13-16(21)18(9-15(20)17-8-10(2)3)12-6-5-11(19)7-14(12)22-13/h5-7,10,13,19H,4,8-9H2,1-3H3,(H,17,20). The van der Waals surface area contributed by atoms with Crippen molar-refractivity contribution in [3.05, 3.63) is 18.2 Å². The molecule has 0 saturated heterocycles. The van der Waals surface area contributed by atoms with Crippen molar-refractivity contribution in [3.63, 3.8) is 0 Å². The summed E-state index contributed by atoms with van der Waals surface area (Å²) >= 11 is 0. The van der Waals surface area contributed by atoms with Crippen molar-refractivity contribution in [1.29, 1.82) is 0 Å². The molecule has 1 aliphatic heterocycles. The summed E-state index contributed by atoms with van der Waals surface area (Å²) in [4.78, 5) is 25.9. The third-order valence-corrected chi connectivity index (χ3v) is 3.42. The lowest BCUT2D eigenvalue weighted by molar-refractivity contribution is -0.129. The molecule has 0 fully saturated rings. The number of hydrogen-bond acceptors (Lipinski definition) is 4. The van der Waals surface area contributed by atoms with Gasteiger partial charge in [-0.25, -0.2) is 0 Å². The van der Waals surface area contributed by atoms with Crippen LogP contribution >= 0.6 is 0 Å². The molecular weight excluding hydrogens is 284 g/mol. The maximum Gasteiger partial charge on any atom is 0.268 e. The molecule has 0 aromatic heterocycles. The second-order valence-electron chi connectivity index (χ2n) is 5.79. The minimum absolute atomic E-state index is 0.0524. The predicted octanol–water partition coefficient (Wildman–Crippen LogP) is 1.67. The highest BCUT2D eigenvalue weighted by atomic mass is 16.5. The van der Waals surface area contributed by atoms with Gasteiger partial charge in [0.1, 0.15) is 18.0 Å². The van der Waals surface area contributed by atoms with Crippen LogP contribution in [0.3, 0.4) is 0 Å². The van der Waals surface area contributed by atoms with E-state index in [0.29, 0.717) is 30.3 Å². The summed E-state index contributed by atoms with van der Waals surface area (Å²) in [5, 5.41) is 12.4. The molecule has 6 heteroatoms. The van der Waals surface area contributed by atoms with Gasteiger partial charge in [-0.2, -0.15) is 0 Å². The van der Waals surface area contributed by atoms with Gasteiger partial charge in [0, 0.05) is 12.6 Å². The Morgan fingerprint density at radius 1 is 1.45 bits per heavy atom. The van der Waals surface area contributed by atoms with E-state index in [1.807, 2.05) is 20.8 Å². The van der Waals surface area contributed by atoms with Crippen LogP contribution in [0.15, 0.2) is 18.2 Å². The molecule has 1 atom stereocenters. The molecular formula is C16H22N2O4. The quantitative estimate of drug-likeness (QED) is 0.867. The lowest BCUT2D eigenvalue weighted by Gasteiger charge is -2.33. The second kappa shape index (κ2) is 6.68. The van der Waals surface area contributed by atoms with Gasteiger partial charge in [0.25, 0.3) is 5.91 Å². The molecule has 0 spiro atoms. The van der Waals surface area contributed by atoms with E-state index in [2.05, 4.69) is 5.32 Å². The van der Waals surface area contributed by atoms with Gasteiger partial charge in [0.2, 0.25) is 5.91 Å². The first kappa shape index (κ1) is 16.1. The van der Waals surface area contributed by atoms with Gasteiger partial charge >= 0.3 is 0 Å². The van der Waals surface area contributed by atoms with Crippen LogP contribution in [0, 0.1) is 5.92 Å². The molecule has 1 aliphatic rings. The summed E-state index contributed by atoms with van der Waals surface area (Å²) in [6.07, 6.45) is -0.134. The average Bonchev–Trinajstić information content (AvgIpc) is 2.47. The van der Waals surface area contributed by atoms with Crippen LogP contribution < -0.4 is 15.0 Å². The molecule has 0 radical (unpaired) electrons. The van der Waals surface area contributed by atoms with Gasteiger partial charge in [-0.1, -0.05) is 20.8 Å². The third-order valence-electron chi connectivity index (χ3n) is 3.42. The molecule has 2 rings (SSSR count). The van der Waals surface area contributed by atoms with Gasteiger partial charge in [0.05, 0.1) is 5.69 Å². The topological polar surface area (TPSA) is 78.9 Å². The molecule has 1 heterocycles. The summed E-state index contributed by atoms with van der Waals surface area (Å²) in [5.41, 5.74) is 0.507. The second-order valence-corrected chi connectivity index (χ2v) is 5.79. The molecule has 0 bridgehead atoms. The highest BCUT2D eigenvalue weighted by Gasteiger charge is 2.34. The number of carbonyl (C=O) groups is 2. The Morgan fingerprint density at radius 2 is 2.18 bits per heavy atom. The average molecular weight is 306 g/mol. The van der Waals surface area contributed by atoms with E-state index in [4.69, 9.17) is 4.74 Å². The van der Waals surface area contributed by atoms with Crippen molar-refractivity contribution >= 4 is 17.5 Å². The minimum atomic E-state index is -0.632. The van der Waals surface area contributed by atoms with E-state index < -0.39 is 6.10 Å². The van der Waals surface area contributed by atoms with Crippen molar-refractivity contribution < 1.29 is 19.4 Å². The van der Waals surface area contributed by atoms with Gasteiger partial charge in [0.15, 0.2) is 6.10 Å². The smallest absolute Gasteiger partial charge is 0.268 e. The highest BCUT2D eigenvalue weighted by molar-refractivity contribution is 6.03. The summed E-state index contributed by atoms with van der Waals surface area (Å²) in [5.74, 6) is 0.380. The van der Waals surface area contributed by atoms with Crippen LogP contribution in [0.4, 0.5) is 5.69 Å². The van der Waals surface area contributed by atoms with Crippen molar-refractivity contribution in [3.8, 4) is 11.5 Å². The minimum Gasteiger partial charge on any atom is -0.508 e. The Kier molecular flexibility index (Phi) is 4.90. The first-order valence-corrected chi connectivity index (χ1v) is 7.50. The largest absolute Gasteiger partial charge is 0.508 e. The van der Waals surface area contributed by atoms with Crippen LogP contribution in [0.1, 0.15) is 27.2 Å². The van der Waals surface area contributed by atoms with Gasteiger partial charge in [-0.3, -0.25) is 14.5 Å². The van der Waals surface area contributed by atoms with E-state index in [-0.39, 0.29) is 24.1 Å². The number of fused-ring (bicyclic) bond motifs is 1. The Bertz CT molecular complexity index is 571. The molecule has 1 aromatic carbocycles. The molecule has 2 N–H and O–H groups in total. The fourth-order valence-corrected chi connectivity index (χ4v) is 2.25. The Balaban J connectivity index is 2.21. The number of phenolic OH excluding ortho intramolecular Hbond substituents is 1. The number of nitrogens with one attached hydrogen (secondary N) is 1. The van der Waals surface area contributed by atoms with E-state index >= 15 is 0 Å². The molecule has 120 valence electrons. The van der Waals surface area contributed by atoms with E-state index in [1.165, 1.54) is 17.0 Å². The lowest BCUT2D eigenvalue weighted by atomic mass is 10.1. The Labute approximate surface area is 130 Å². The highest BCUT2D eigenvalue weighted by Crippen LogP contribution is 2.37. The summed E-state index contributed by atoms with van der Waals surface area (Å²) in [6.45, 7) is 6.37. The van der Waals surface area contributed by atoms with Gasteiger partial charge in [-0.05, 0) is 24.5 Å². The number of amides is 2. The fraction of sp³-hybridized carbons (Fsp3) is 0.500. The van der Waals surface area contributed by atoms with Gasteiger partial charge < -0.3 is 15.2 Å². The predicted molar refractivity (Wildman–Crippen MR) is 83.0 cm³/mol. The van der Waals surface area contributed by atoms with E-state index in [9.17, 15) is 14.7 Å². The maximum atomic E-state index is 12.4. The van der Waals surface area contributed by atoms with Crippen LogP contribution in [0.25, 0.3) is 0 Å². The third kappa shape index (κ3) is 3.50. The maximum absolute atomic E-state index is 12.4. The fourth-order valence-electron chi connectivity index (χ4n) is 2.25. The number of ether oxygens (including phenoxy) is 1. The molecule has 1 aromatic rings. The summed E-state index contributed by atoms with van der Waals surface area (Å²) in [7, 11) is 0. The number of anilines is 1. The lowest BCUT2D eigenvalue weighted by Crippen LogP contribution is -2.49. The van der Waals surface area contributed by atoms with Crippen molar-refractivity contribution in [2.45, 2.75) is 33.3 Å². The molecule has 6 nitrogen and oxygen atoms in total. The van der Waals surface area contributed by atoms with Gasteiger partial charge in [-0.15, -0.1) is 0 Å². The molecule has 0 saturated carbocycles. The SMILES string of the molecule is CCC1Oc2cc(O)ccc2N(CC(=O)NCC(C)C)C1=O. The van der Waals surface area contributed by atoms with Crippen LogP contribution in [0.5, 0.6) is 11.5 Å². The van der Waals surface area contributed by atoms with Crippen LogP contribution in [0.2, 0.25) is 0 Å². The zero-order valence-corrected chi connectivity index (χ0v) is 13.1. The number of nitrogens with zero attached hydrogens (tertiary/aromatic N) is 1. The first-order valence-electron chi connectivity index (χ1n) is 7.50. The van der Waals surface area contributed by atoms with E-state index in [1.54, 1.807) is 6.07 Å². The Hall–Kier alpha value is -2.24. The van der Waals surface area contributed by atoms with Crippen molar-refractivity contribution in [2.24, 2.45) is 5.92 Å². The number of carbonyl (C=O) groups excluding carboxylic acids is 2. The number of benzene rings is 1. The monoisotopic (exact) mass is 306 g/mol. The zero-order valence-electron chi connectivity index (χ0n) is 13.1. The van der Waals surface area contributed by atoms with Crippen LogP contribution in [-0.4, -0.2) is 36.1 Å². The first-order chi connectivity index (χ1) is 10.4. The molecule has 22 heavy (non-hydrogen) atoms. The van der Waals surface area contributed by atoms with Crippen molar-refractivity contribution in [1.82, 2.24) is 5.32 Å². The number of aromatic hydroxyl groups is 1. The summed E-state index contributed by atoms with van der Waals surface area (Å²) in [6, 6.07) is 4.52. The zero-order chi connectivity index (χ0) is 16.3. The van der Waals surface area contributed by atoms with E-state index in [0.717, 1.165) is 0 Å². The molecule has 1 unspecified atom stereocenters. The molecule has 0 aliphatic carbocycles. The van der Waals surface area contributed by atoms with Crippen molar-refractivity contribution in [2.75, 3.05) is 18.0 Å². The normalized spacial score (nSPS) is 17.2. The number of phenols is 1. The number of hydrogen-bond donors (Lipinski definition) is 2. The van der Waals surface area contributed by atoms with Crippen LogP contribution in [-0.2, 0) is 9.59 Å².